The molecule has 1 aliphatic carbocycles. The third kappa shape index (κ3) is 2.81. The average Bonchev–Trinajstić information content (AvgIpc) is 3.10. The Labute approximate surface area is 108 Å². The Bertz CT molecular complexity index is 426. The maximum Gasteiger partial charge on any atom is 0.159 e. The van der Waals surface area contributed by atoms with Crippen molar-refractivity contribution in [1.82, 2.24) is 0 Å². The summed E-state index contributed by atoms with van der Waals surface area (Å²) in [6, 6.07) is 6.28. The Kier molecular flexibility index (Phi) is 3.72. The highest BCUT2D eigenvalue weighted by molar-refractivity contribution is 6.33. The number of benzene rings is 1. The number of nitrogens with zero attached hydrogens (tertiary/aromatic N) is 1. The zero-order valence-electron chi connectivity index (χ0n) is 10.4. The molecule has 1 fully saturated rings. The van der Waals surface area contributed by atoms with Crippen LogP contribution in [-0.2, 0) is 0 Å². The molecule has 1 saturated carbocycles. The molecule has 0 aromatic heterocycles. The SMILES string of the molecule is CCCN(c1ccc(C(C)=O)cc1Cl)C1CC1. The Morgan fingerprint density at radius 3 is 2.65 bits per heavy atom. The molecule has 0 atom stereocenters. The van der Waals surface area contributed by atoms with Gasteiger partial charge in [-0.2, -0.15) is 0 Å². The normalized spacial score (nSPS) is 14.8. The summed E-state index contributed by atoms with van der Waals surface area (Å²) in [6.07, 6.45) is 3.62. The van der Waals surface area contributed by atoms with Crippen LogP contribution >= 0.6 is 11.6 Å². The van der Waals surface area contributed by atoms with Gasteiger partial charge in [-0.15, -0.1) is 0 Å². The second-order valence-corrected chi connectivity index (χ2v) is 5.05. The van der Waals surface area contributed by atoms with Crippen LogP contribution in [0.15, 0.2) is 18.2 Å². The minimum atomic E-state index is 0.0620. The molecule has 0 saturated heterocycles. The van der Waals surface area contributed by atoms with Crippen LogP contribution in [0, 0.1) is 0 Å². The summed E-state index contributed by atoms with van der Waals surface area (Å²) < 4.78 is 0. The molecule has 0 aliphatic heterocycles. The molecule has 3 heteroatoms. The molecule has 0 radical (unpaired) electrons. The molecule has 2 nitrogen and oxygen atoms in total. The summed E-state index contributed by atoms with van der Waals surface area (Å²) in [4.78, 5) is 13.6. The van der Waals surface area contributed by atoms with E-state index in [4.69, 9.17) is 11.6 Å². The van der Waals surface area contributed by atoms with Crippen molar-refractivity contribution in [2.24, 2.45) is 0 Å². The summed E-state index contributed by atoms with van der Waals surface area (Å²) in [5.41, 5.74) is 1.76. The van der Waals surface area contributed by atoms with E-state index in [0.717, 1.165) is 18.7 Å². The van der Waals surface area contributed by atoms with Gasteiger partial charge in [0.15, 0.2) is 5.78 Å². The van der Waals surface area contributed by atoms with Crippen LogP contribution in [0.2, 0.25) is 5.02 Å². The van der Waals surface area contributed by atoms with Crippen molar-refractivity contribution in [3.63, 3.8) is 0 Å². The largest absolute Gasteiger partial charge is 0.367 e. The number of halogens is 1. The number of hydrogen-bond donors (Lipinski definition) is 0. The molecule has 0 heterocycles. The first-order valence-electron chi connectivity index (χ1n) is 6.20. The Hall–Kier alpha value is -1.02. The highest BCUT2D eigenvalue weighted by Crippen LogP contribution is 2.36. The van der Waals surface area contributed by atoms with Gasteiger partial charge in [-0.3, -0.25) is 4.79 Å². The van der Waals surface area contributed by atoms with Gasteiger partial charge in [0, 0.05) is 18.2 Å². The van der Waals surface area contributed by atoms with Gasteiger partial charge in [-0.1, -0.05) is 18.5 Å². The van der Waals surface area contributed by atoms with Crippen molar-refractivity contribution in [3.8, 4) is 0 Å². The first-order valence-corrected chi connectivity index (χ1v) is 6.58. The van der Waals surface area contributed by atoms with Crippen LogP contribution in [0.5, 0.6) is 0 Å². The monoisotopic (exact) mass is 251 g/mol. The lowest BCUT2D eigenvalue weighted by Crippen LogP contribution is -2.26. The fraction of sp³-hybridized carbons (Fsp3) is 0.500. The van der Waals surface area contributed by atoms with Crippen molar-refractivity contribution in [1.29, 1.82) is 0 Å². The zero-order valence-corrected chi connectivity index (χ0v) is 11.1. The van der Waals surface area contributed by atoms with Gasteiger partial charge in [0.25, 0.3) is 0 Å². The van der Waals surface area contributed by atoms with Gasteiger partial charge in [0.05, 0.1) is 10.7 Å². The van der Waals surface area contributed by atoms with E-state index in [1.807, 2.05) is 12.1 Å². The van der Waals surface area contributed by atoms with Gasteiger partial charge in [-0.05, 0) is 44.4 Å². The summed E-state index contributed by atoms with van der Waals surface area (Å²) in [5, 5.41) is 0.693. The molecule has 17 heavy (non-hydrogen) atoms. The molecule has 0 bridgehead atoms. The minimum absolute atomic E-state index is 0.0620. The maximum atomic E-state index is 11.3. The molecular formula is C14H18ClNO. The molecule has 0 spiro atoms. The number of hydrogen-bond acceptors (Lipinski definition) is 2. The molecule has 0 unspecified atom stereocenters. The van der Waals surface area contributed by atoms with E-state index in [1.165, 1.54) is 12.8 Å². The summed E-state index contributed by atoms with van der Waals surface area (Å²) >= 11 is 6.28. The van der Waals surface area contributed by atoms with Crippen LogP contribution < -0.4 is 4.90 Å². The predicted molar refractivity (Wildman–Crippen MR) is 72.1 cm³/mol. The summed E-state index contributed by atoms with van der Waals surface area (Å²) in [5.74, 6) is 0.0620. The first kappa shape index (κ1) is 12.4. The lowest BCUT2D eigenvalue weighted by atomic mass is 10.1. The van der Waals surface area contributed by atoms with Gasteiger partial charge in [0.1, 0.15) is 0 Å². The Morgan fingerprint density at radius 2 is 2.18 bits per heavy atom. The number of anilines is 1. The van der Waals surface area contributed by atoms with Crippen LogP contribution in [0.4, 0.5) is 5.69 Å². The van der Waals surface area contributed by atoms with Crippen molar-refractivity contribution >= 4 is 23.1 Å². The number of Topliss-reactive ketones (excluding diaryl/α,β-unsaturated/α-hetero) is 1. The summed E-state index contributed by atoms with van der Waals surface area (Å²) in [6.45, 7) is 4.77. The molecule has 1 aromatic rings. The lowest BCUT2D eigenvalue weighted by Gasteiger charge is -2.25. The van der Waals surface area contributed by atoms with Crippen molar-refractivity contribution in [3.05, 3.63) is 28.8 Å². The van der Waals surface area contributed by atoms with Gasteiger partial charge >= 0.3 is 0 Å². The number of rotatable bonds is 5. The second kappa shape index (κ2) is 5.09. The van der Waals surface area contributed by atoms with Crippen LogP contribution in [0.25, 0.3) is 0 Å². The number of carbonyl (C=O) groups is 1. The van der Waals surface area contributed by atoms with Crippen molar-refractivity contribution in [2.45, 2.75) is 39.2 Å². The molecule has 1 aromatic carbocycles. The molecule has 92 valence electrons. The Morgan fingerprint density at radius 1 is 1.47 bits per heavy atom. The van der Waals surface area contributed by atoms with Crippen LogP contribution in [-0.4, -0.2) is 18.4 Å². The van der Waals surface area contributed by atoms with E-state index in [2.05, 4.69) is 11.8 Å². The minimum Gasteiger partial charge on any atom is -0.367 e. The van der Waals surface area contributed by atoms with Crippen molar-refractivity contribution < 1.29 is 4.79 Å². The van der Waals surface area contributed by atoms with E-state index >= 15 is 0 Å². The maximum absolute atomic E-state index is 11.3. The van der Waals surface area contributed by atoms with Gasteiger partial charge < -0.3 is 4.90 Å². The van der Waals surface area contributed by atoms with Crippen LogP contribution in [0.3, 0.4) is 0 Å². The third-order valence-corrected chi connectivity index (χ3v) is 3.42. The van der Waals surface area contributed by atoms with E-state index in [-0.39, 0.29) is 5.78 Å². The van der Waals surface area contributed by atoms with E-state index in [0.29, 0.717) is 16.6 Å². The standard InChI is InChI=1S/C14H18ClNO/c1-3-8-16(12-5-6-12)14-7-4-11(10(2)17)9-13(14)15/h4,7,9,12H,3,5-6,8H2,1-2H3. The van der Waals surface area contributed by atoms with E-state index in [9.17, 15) is 4.79 Å². The van der Waals surface area contributed by atoms with E-state index in [1.54, 1.807) is 13.0 Å². The quantitative estimate of drug-likeness (QED) is 0.740. The topological polar surface area (TPSA) is 20.3 Å². The van der Waals surface area contributed by atoms with Crippen molar-refractivity contribution in [2.75, 3.05) is 11.4 Å². The van der Waals surface area contributed by atoms with Crippen LogP contribution in [0.1, 0.15) is 43.5 Å². The van der Waals surface area contributed by atoms with E-state index < -0.39 is 0 Å². The average molecular weight is 252 g/mol. The molecule has 0 amide bonds. The fourth-order valence-corrected chi connectivity index (χ4v) is 2.37. The number of ketones is 1. The molecular weight excluding hydrogens is 234 g/mol. The lowest BCUT2D eigenvalue weighted by molar-refractivity contribution is 0.101. The molecule has 2 rings (SSSR count). The smallest absolute Gasteiger partial charge is 0.159 e. The highest BCUT2D eigenvalue weighted by atomic mass is 35.5. The fourth-order valence-electron chi connectivity index (χ4n) is 2.09. The zero-order chi connectivity index (χ0) is 12.4. The summed E-state index contributed by atoms with van der Waals surface area (Å²) in [7, 11) is 0. The third-order valence-electron chi connectivity index (χ3n) is 3.12. The first-order chi connectivity index (χ1) is 8.13. The molecule has 1 aliphatic rings. The second-order valence-electron chi connectivity index (χ2n) is 4.65. The van der Waals surface area contributed by atoms with Gasteiger partial charge in [-0.25, -0.2) is 0 Å². The van der Waals surface area contributed by atoms with Gasteiger partial charge in [0.2, 0.25) is 0 Å². The highest BCUT2D eigenvalue weighted by Gasteiger charge is 2.29. The predicted octanol–water partition coefficient (Wildman–Crippen LogP) is 3.92. The molecule has 0 N–H and O–H groups in total. The number of carbonyl (C=O) groups excluding carboxylic acids is 1. The Balaban J connectivity index is 2.27.